The molecular weight excluding hydrogens is 481 g/mol. The molecule has 29 heavy (non-hydrogen) atoms. The van der Waals surface area contributed by atoms with Crippen LogP contribution in [0, 0.1) is 0 Å². The summed E-state index contributed by atoms with van der Waals surface area (Å²) in [6.45, 7) is 4.94. The van der Waals surface area contributed by atoms with E-state index in [1.54, 1.807) is 21.3 Å². The summed E-state index contributed by atoms with van der Waals surface area (Å²) in [6.07, 6.45) is 1.79. The smallest absolute Gasteiger partial charge is 0.203 e. The fraction of sp³-hybridized carbons (Fsp3) is 0.409. The van der Waals surface area contributed by atoms with Crippen molar-refractivity contribution in [1.82, 2.24) is 0 Å². The second kappa shape index (κ2) is 12.4. The van der Waals surface area contributed by atoms with Crippen molar-refractivity contribution in [3.63, 3.8) is 0 Å². The van der Waals surface area contributed by atoms with Gasteiger partial charge in [0.15, 0.2) is 17.5 Å². The van der Waals surface area contributed by atoms with Crippen LogP contribution in [0.1, 0.15) is 37.3 Å². The number of guanidine groups is 1. The number of nitrogens with two attached hydrogens (primary N) is 1. The number of nitrogens with one attached hydrogen (secondary N) is 1. The predicted octanol–water partition coefficient (Wildman–Crippen LogP) is 4.81. The Balaban J connectivity index is 0.00000420. The zero-order valence-electron chi connectivity index (χ0n) is 17.8. The van der Waals surface area contributed by atoms with E-state index in [2.05, 4.69) is 36.3 Å². The molecule has 2 rings (SSSR count). The minimum atomic E-state index is 0. The third-order valence-corrected chi connectivity index (χ3v) is 4.81. The van der Waals surface area contributed by atoms with Crippen molar-refractivity contribution in [3.8, 4) is 17.2 Å². The van der Waals surface area contributed by atoms with Crippen LogP contribution < -0.4 is 25.3 Å². The van der Waals surface area contributed by atoms with E-state index in [9.17, 15) is 0 Å². The molecule has 2 aromatic rings. The highest BCUT2D eigenvalue weighted by atomic mass is 127. The van der Waals surface area contributed by atoms with Crippen LogP contribution in [0.2, 0.25) is 0 Å². The van der Waals surface area contributed by atoms with Gasteiger partial charge in [0.05, 0.1) is 21.3 Å². The number of nitrogens with zero attached hydrogens (tertiary/aromatic N) is 1. The molecule has 0 aliphatic heterocycles. The molecule has 0 saturated heterocycles. The number of aliphatic imine (C=N–C) groups is 1. The van der Waals surface area contributed by atoms with Gasteiger partial charge in [-0.1, -0.05) is 32.0 Å². The van der Waals surface area contributed by atoms with Crippen molar-refractivity contribution in [2.45, 2.75) is 32.6 Å². The molecule has 3 N–H and O–H groups in total. The molecule has 0 amide bonds. The van der Waals surface area contributed by atoms with E-state index in [1.165, 1.54) is 5.56 Å². The van der Waals surface area contributed by atoms with Crippen LogP contribution in [0.15, 0.2) is 41.4 Å². The number of anilines is 1. The van der Waals surface area contributed by atoms with Gasteiger partial charge in [0.1, 0.15) is 0 Å². The maximum atomic E-state index is 6.03. The summed E-state index contributed by atoms with van der Waals surface area (Å²) in [5, 5.41) is 3.13. The zero-order chi connectivity index (χ0) is 20.5. The van der Waals surface area contributed by atoms with E-state index in [0.717, 1.165) is 17.7 Å². The number of halogens is 1. The minimum Gasteiger partial charge on any atom is -0.493 e. The van der Waals surface area contributed by atoms with E-state index in [-0.39, 0.29) is 24.0 Å². The number of methoxy groups -OCH3 is 3. The van der Waals surface area contributed by atoms with Crippen LogP contribution in [0.3, 0.4) is 0 Å². The second-order valence-electron chi connectivity index (χ2n) is 6.57. The van der Waals surface area contributed by atoms with Crippen molar-refractivity contribution in [2.24, 2.45) is 10.7 Å². The summed E-state index contributed by atoms with van der Waals surface area (Å²) in [5.41, 5.74) is 9.26. The van der Waals surface area contributed by atoms with Gasteiger partial charge in [-0.15, -0.1) is 24.0 Å². The van der Waals surface area contributed by atoms with Gasteiger partial charge < -0.3 is 25.3 Å². The van der Waals surface area contributed by atoms with Crippen LogP contribution in [0.5, 0.6) is 17.2 Å². The van der Waals surface area contributed by atoms with Gasteiger partial charge >= 0.3 is 0 Å². The highest BCUT2D eigenvalue weighted by Crippen LogP contribution is 2.39. The van der Waals surface area contributed by atoms with Crippen LogP contribution in [0.25, 0.3) is 0 Å². The minimum absolute atomic E-state index is 0. The molecule has 0 radical (unpaired) electrons. The van der Waals surface area contributed by atoms with E-state index in [1.807, 2.05) is 24.3 Å². The van der Waals surface area contributed by atoms with Crippen molar-refractivity contribution in [3.05, 3.63) is 47.5 Å². The molecule has 2 aromatic carbocycles. The first-order valence-electron chi connectivity index (χ1n) is 9.48. The largest absolute Gasteiger partial charge is 0.493 e. The maximum absolute atomic E-state index is 6.03. The SMILES string of the molecule is CCC(C)c1ccc(NC(N)=NCCc2ccc(OC)c(OC)c2OC)cc1.I. The molecule has 160 valence electrons. The number of rotatable bonds is 9. The van der Waals surface area contributed by atoms with Crippen molar-refractivity contribution >= 4 is 35.6 Å². The molecule has 0 aliphatic carbocycles. The molecule has 1 unspecified atom stereocenters. The molecular formula is C22H32IN3O3. The molecule has 0 aliphatic rings. The Labute approximate surface area is 190 Å². The van der Waals surface area contributed by atoms with Gasteiger partial charge in [0.25, 0.3) is 0 Å². The Hall–Kier alpha value is -2.16. The van der Waals surface area contributed by atoms with Crippen LogP contribution in [-0.4, -0.2) is 33.8 Å². The summed E-state index contributed by atoms with van der Waals surface area (Å²) in [6, 6.07) is 12.1. The van der Waals surface area contributed by atoms with E-state index in [0.29, 0.717) is 42.1 Å². The molecule has 0 aromatic heterocycles. The lowest BCUT2D eigenvalue weighted by atomic mass is 9.99. The normalized spacial score (nSPS) is 12.0. The summed E-state index contributed by atoms with van der Waals surface area (Å²) >= 11 is 0. The molecule has 7 heteroatoms. The predicted molar refractivity (Wildman–Crippen MR) is 130 cm³/mol. The third kappa shape index (κ3) is 6.69. The molecule has 0 saturated carbocycles. The Bertz CT molecular complexity index is 795. The fourth-order valence-corrected chi connectivity index (χ4v) is 2.97. The summed E-state index contributed by atoms with van der Waals surface area (Å²) in [4.78, 5) is 4.42. The molecule has 0 spiro atoms. The van der Waals surface area contributed by atoms with Gasteiger partial charge in [-0.05, 0) is 42.5 Å². The standard InChI is InChI=1S/C22H31N3O3.HI/c1-6-15(2)16-7-10-18(11-8-16)25-22(23)24-14-13-17-9-12-19(26-3)21(28-5)20(17)27-4;/h7-12,15H,6,13-14H2,1-5H3,(H3,23,24,25);1H. The van der Waals surface area contributed by atoms with E-state index >= 15 is 0 Å². The first-order chi connectivity index (χ1) is 13.5. The summed E-state index contributed by atoms with van der Waals surface area (Å²) in [5.74, 6) is 2.81. The monoisotopic (exact) mass is 513 g/mol. The molecule has 1 atom stereocenters. The third-order valence-electron chi connectivity index (χ3n) is 4.81. The lowest BCUT2D eigenvalue weighted by molar-refractivity contribution is 0.322. The first kappa shape index (κ1) is 24.9. The molecule has 0 bridgehead atoms. The fourth-order valence-electron chi connectivity index (χ4n) is 2.97. The number of hydrogen-bond acceptors (Lipinski definition) is 4. The van der Waals surface area contributed by atoms with E-state index in [4.69, 9.17) is 19.9 Å². The van der Waals surface area contributed by atoms with Gasteiger partial charge in [-0.3, -0.25) is 4.99 Å². The van der Waals surface area contributed by atoms with Gasteiger partial charge in [0.2, 0.25) is 5.75 Å². The van der Waals surface area contributed by atoms with Crippen molar-refractivity contribution < 1.29 is 14.2 Å². The Kier molecular flexibility index (Phi) is 10.6. The molecule has 0 heterocycles. The molecule has 6 nitrogen and oxygen atoms in total. The van der Waals surface area contributed by atoms with Crippen LogP contribution in [-0.2, 0) is 6.42 Å². The number of hydrogen-bond donors (Lipinski definition) is 2. The maximum Gasteiger partial charge on any atom is 0.203 e. The zero-order valence-corrected chi connectivity index (χ0v) is 20.2. The Morgan fingerprint density at radius 1 is 1.00 bits per heavy atom. The average Bonchev–Trinajstić information content (AvgIpc) is 2.72. The highest BCUT2D eigenvalue weighted by molar-refractivity contribution is 14.0. The van der Waals surface area contributed by atoms with Gasteiger partial charge in [-0.2, -0.15) is 0 Å². The highest BCUT2D eigenvalue weighted by Gasteiger charge is 2.15. The lowest BCUT2D eigenvalue weighted by Crippen LogP contribution is -2.23. The topological polar surface area (TPSA) is 78.1 Å². The number of benzene rings is 2. The van der Waals surface area contributed by atoms with Crippen LogP contribution >= 0.6 is 24.0 Å². The quantitative estimate of drug-likeness (QED) is 0.286. The van der Waals surface area contributed by atoms with Crippen LogP contribution in [0.4, 0.5) is 5.69 Å². The Morgan fingerprint density at radius 3 is 2.21 bits per heavy atom. The van der Waals surface area contributed by atoms with Crippen molar-refractivity contribution in [1.29, 1.82) is 0 Å². The average molecular weight is 513 g/mol. The first-order valence-corrected chi connectivity index (χ1v) is 9.48. The Morgan fingerprint density at radius 2 is 1.66 bits per heavy atom. The lowest BCUT2D eigenvalue weighted by Gasteiger charge is -2.15. The molecule has 0 fully saturated rings. The second-order valence-corrected chi connectivity index (χ2v) is 6.57. The number of ether oxygens (including phenoxy) is 3. The van der Waals surface area contributed by atoms with Crippen molar-refractivity contribution in [2.75, 3.05) is 33.2 Å². The summed E-state index contributed by atoms with van der Waals surface area (Å²) < 4.78 is 16.2. The van der Waals surface area contributed by atoms with Gasteiger partial charge in [-0.25, -0.2) is 0 Å². The van der Waals surface area contributed by atoms with E-state index < -0.39 is 0 Å². The van der Waals surface area contributed by atoms with Gasteiger partial charge in [0, 0.05) is 17.8 Å². The summed E-state index contributed by atoms with van der Waals surface area (Å²) in [7, 11) is 4.81.